The van der Waals surface area contributed by atoms with Gasteiger partial charge in [-0.05, 0) is 54.8 Å². The highest BCUT2D eigenvalue weighted by molar-refractivity contribution is 14.0. The molecule has 0 atom stereocenters. The molecule has 4 N–H and O–H groups in total. The van der Waals surface area contributed by atoms with Crippen LogP contribution >= 0.6 is 24.0 Å². The maximum Gasteiger partial charge on any atom is 0.251 e. The van der Waals surface area contributed by atoms with E-state index in [1.54, 1.807) is 19.2 Å². The Balaban J connectivity index is 0.00000320. The third kappa shape index (κ3) is 6.19. The Hall–Kier alpha value is -2.62. The molecule has 3 rings (SSSR count). The van der Waals surface area contributed by atoms with Crippen LogP contribution in [0.15, 0.2) is 53.7 Å². The molecule has 3 aromatic rings. The SMILES string of the molecule is CCNC(=NCc1cccc(C(=O)NC)c1)NCCc1c[nH]c2cc(F)ccc12.I. The Morgan fingerprint density at radius 3 is 2.77 bits per heavy atom. The maximum atomic E-state index is 13.3. The molecular formula is C22H27FIN5O. The van der Waals surface area contributed by atoms with E-state index in [9.17, 15) is 9.18 Å². The summed E-state index contributed by atoms with van der Waals surface area (Å²) in [4.78, 5) is 19.5. The van der Waals surface area contributed by atoms with Gasteiger partial charge in [0.05, 0.1) is 6.54 Å². The van der Waals surface area contributed by atoms with Crippen LogP contribution in [0.3, 0.4) is 0 Å². The number of rotatable bonds is 7. The average molecular weight is 523 g/mol. The molecule has 1 amide bonds. The van der Waals surface area contributed by atoms with Crippen molar-refractivity contribution in [3.8, 4) is 0 Å². The number of aliphatic imine (C=N–C) groups is 1. The first-order valence-electron chi connectivity index (χ1n) is 9.69. The lowest BCUT2D eigenvalue weighted by atomic mass is 10.1. The van der Waals surface area contributed by atoms with Gasteiger partial charge in [0, 0.05) is 42.8 Å². The van der Waals surface area contributed by atoms with Crippen molar-refractivity contribution in [2.75, 3.05) is 20.1 Å². The highest BCUT2D eigenvalue weighted by atomic mass is 127. The van der Waals surface area contributed by atoms with Crippen LogP contribution in [0.2, 0.25) is 0 Å². The molecule has 0 unspecified atom stereocenters. The summed E-state index contributed by atoms with van der Waals surface area (Å²) in [6.07, 6.45) is 2.70. The minimum atomic E-state index is -0.244. The van der Waals surface area contributed by atoms with Gasteiger partial charge in [-0.25, -0.2) is 9.38 Å². The molecule has 1 heterocycles. The van der Waals surface area contributed by atoms with Crippen LogP contribution in [-0.4, -0.2) is 37.0 Å². The summed E-state index contributed by atoms with van der Waals surface area (Å²) in [5.74, 6) is 0.356. The first-order chi connectivity index (χ1) is 14.1. The van der Waals surface area contributed by atoms with Gasteiger partial charge in [-0.3, -0.25) is 4.79 Å². The standard InChI is InChI=1S/C22H26FN5O.HI/c1-3-25-22(28-13-15-5-4-6-16(11-15)21(29)24-2)26-10-9-17-14-27-20-12-18(23)7-8-19(17)20;/h4-8,11-12,14,27H,3,9-10,13H2,1-2H3,(H,24,29)(H2,25,26,28);1H. The van der Waals surface area contributed by atoms with Gasteiger partial charge in [-0.2, -0.15) is 0 Å². The summed E-state index contributed by atoms with van der Waals surface area (Å²) >= 11 is 0. The Labute approximate surface area is 192 Å². The molecule has 6 nitrogen and oxygen atoms in total. The monoisotopic (exact) mass is 523 g/mol. The minimum absolute atomic E-state index is 0. The minimum Gasteiger partial charge on any atom is -0.361 e. The van der Waals surface area contributed by atoms with E-state index in [0.29, 0.717) is 24.6 Å². The van der Waals surface area contributed by atoms with E-state index in [1.165, 1.54) is 12.1 Å². The van der Waals surface area contributed by atoms with Crippen LogP contribution in [0.4, 0.5) is 4.39 Å². The summed E-state index contributed by atoms with van der Waals surface area (Å²) in [7, 11) is 1.62. The highest BCUT2D eigenvalue weighted by Crippen LogP contribution is 2.19. The fourth-order valence-electron chi connectivity index (χ4n) is 3.15. The fourth-order valence-corrected chi connectivity index (χ4v) is 3.15. The quantitative estimate of drug-likeness (QED) is 0.217. The number of hydrogen-bond acceptors (Lipinski definition) is 2. The molecule has 0 spiro atoms. The van der Waals surface area contributed by atoms with Gasteiger partial charge in [0.1, 0.15) is 5.82 Å². The van der Waals surface area contributed by atoms with Gasteiger partial charge in [0.2, 0.25) is 0 Å². The molecule has 0 fully saturated rings. The van der Waals surface area contributed by atoms with E-state index in [1.807, 2.05) is 31.3 Å². The van der Waals surface area contributed by atoms with Crippen molar-refractivity contribution in [2.45, 2.75) is 19.9 Å². The number of amides is 1. The van der Waals surface area contributed by atoms with E-state index < -0.39 is 0 Å². The molecule has 2 aromatic carbocycles. The van der Waals surface area contributed by atoms with Crippen molar-refractivity contribution in [2.24, 2.45) is 4.99 Å². The Morgan fingerprint density at radius 2 is 2.00 bits per heavy atom. The number of aromatic nitrogens is 1. The number of halogens is 2. The Morgan fingerprint density at radius 1 is 1.17 bits per heavy atom. The number of nitrogens with one attached hydrogen (secondary N) is 4. The number of aromatic amines is 1. The summed E-state index contributed by atoms with van der Waals surface area (Å²) in [6, 6.07) is 12.2. The molecule has 1 aromatic heterocycles. The molecule has 8 heteroatoms. The number of H-pyrrole nitrogens is 1. The van der Waals surface area contributed by atoms with Crippen molar-refractivity contribution >= 4 is 46.7 Å². The molecule has 0 bridgehead atoms. The van der Waals surface area contributed by atoms with Gasteiger partial charge in [0.25, 0.3) is 5.91 Å². The van der Waals surface area contributed by atoms with Gasteiger partial charge < -0.3 is 20.9 Å². The van der Waals surface area contributed by atoms with Crippen LogP contribution in [0.5, 0.6) is 0 Å². The number of fused-ring (bicyclic) bond motifs is 1. The molecule has 0 radical (unpaired) electrons. The van der Waals surface area contributed by atoms with E-state index in [-0.39, 0.29) is 35.7 Å². The number of carbonyl (C=O) groups is 1. The average Bonchev–Trinajstić information content (AvgIpc) is 3.13. The lowest BCUT2D eigenvalue weighted by Crippen LogP contribution is -2.38. The zero-order valence-electron chi connectivity index (χ0n) is 17.1. The van der Waals surface area contributed by atoms with Crippen molar-refractivity contribution in [3.05, 3.63) is 71.2 Å². The lowest BCUT2D eigenvalue weighted by Gasteiger charge is -2.11. The predicted octanol–water partition coefficient (Wildman–Crippen LogP) is 3.58. The topological polar surface area (TPSA) is 81.3 Å². The van der Waals surface area contributed by atoms with E-state index in [0.717, 1.165) is 35.0 Å². The highest BCUT2D eigenvalue weighted by Gasteiger charge is 2.06. The molecule has 0 saturated carbocycles. The van der Waals surface area contributed by atoms with Crippen LogP contribution in [0.1, 0.15) is 28.4 Å². The molecule has 0 aliphatic heterocycles. The second-order valence-corrected chi connectivity index (χ2v) is 6.66. The second-order valence-electron chi connectivity index (χ2n) is 6.66. The van der Waals surface area contributed by atoms with Crippen molar-refractivity contribution in [1.29, 1.82) is 0 Å². The van der Waals surface area contributed by atoms with Crippen molar-refractivity contribution < 1.29 is 9.18 Å². The summed E-state index contributed by atoms with van der Waals surface area (Å²) in [5, 5.41) is 10.2. The van der Waals surface area contributed by atoms with Gasteiger partial charge in [-0.15, -0.1) is 24.0 Å². The van der Waals surface area contributed by atoms with Gasteiger partial charge >= 0.3 is 0 Å². The number of guanidine groups is 1. The summed E-state index contributed by atoms with van der Waals surface area (Å²) in [6.45, 7) is 3.91. The fraction of sp³-hybridized carbons (Fsp3) is 0.273. The third-order valence-electron chi connectivity index (χ3n) is 4.60. The van der Waals surface area contributed by atoms with Crippen LogP contribution < -0.4 is 16.0 Å². The zero-order valence-corrected chi connectivity index (χ0v) is 19.4. The molecule has 0 saturated heterocycles. The molecule has 0 aliphatic rings. The summed E-state index contributed by atoms with van der Waals surface area (Å²) < 4.78 is 13.3. The predicted molar refractivity (Wildman–Crippen MR) is 130 cm³/mol. The van der Waals surface area contributed by atoms with Crippen LogP contribution in [0, 0.1) is 5.82 Å². The van der Waals surface area contributed by atoms with Crippen molar-refractivity contribution in [1.82, 2.24) is 20.9 Å². The van der Waals surface area contributed by atoms with Crippen LogP contribution in [0.25, 0.3) is 10.9 Å². The number of benzene rings is 2. The number of hydrogen-bond donors (Lipinski definition) is 4. The molecule has 0 aliphatic carbocycles. The maximum absolute atomic E-state index is 13.3. The zero-order chi connectivity index (χ0) is 20.6. The third-order valence-corrected chi connectivity index (χ3v) is 4.60. The molecular weight excluding hydrogens is 496 g/mol. The largest absolute Gasteiger partial charge is 0.361 e. The lowest BCUT2D eigenvalue weighted by molar-refractivity contribution is 0.0963. The van der Waals surface area contributed by atoms with Gasteiger partial charge in [-0.1, -0.05) is 12.1 Å². The first-order valence-corrected chi connectivity index (χ1v) is 9.69. The number of carbonyl (C=O) groups excluding carboxylic acids is 1. The van der Waals surface area contributed by atoms with E-state index in [4.69, 9.17) is 0 Å². The second kappa shape index (κ2) is 11.5. The smallest absolute Gasteiger partial charge is 0.251 e. The van der Waals surface area contributed by atoms with Gasteiger partial charge in [0.15, 0.2) is 5.96 Å². The Kier molecular flexibility index (Phi) is 9.10. The van der Waals surface area contributed by atoms with E-state index >= 15 is 0 Å². The molecule has 30 heavy (non-hydrogen) atoms. The van der Waals surface area contributed by atoms with Crippen LogP contribution in [-0.2, 0) is 13.0 Å². The number of nitrogens with zero attached hydrogens (tertiary/aromatic N) is 1. The Bertz CT molecular complexity index is 1020. The molecule has 160 valence electrons. The first kappa shape index (κ1) is 23.7. The van der Waals surface area contributed by atoms with E-state index in [2.05, 4.69) is 25.9 Å². The summed E-state index contributed by atoms with van der Waals surface area (Å²) in [5.41, 5.74) is 3.51. The normalized spacial score (nSPS) is 11.1. The van der Waals surface area contributed by atoms with Crippen molar-refractivity contribution in [3.63, 3.8) is 0 Å².